The molecule has 0 bridgehead atoms. The van der Waals surface area contributed by atoms with Crippen LogP contribution < -0.4 is 0 Å². The highest BCUT2D eigenvalue weighted by Crippen LogP contribution is 2.06. The quantitative estimate of drug-likeness (QED) is 0.428. The molecule has 0 aromatic heterocycles. The van der Waals surface area contributed by atoms with E-state index in [2.05, 4.69) is 38.0 Å². The zero-order valence-corrected chi connectivity index (χ0v) is 10.6. The Morgan fingerprint density at radius 1 is 1.09 bits per heavy atom. The largest absolute Gasteiger partial charge is 0.294 e. The van der Waals surface area contributed by atoms with Crippen LogP contribution in [0.15, 0.2) is 0 Å². The molecule has 0 radical (unpaired) electrons. The molecule has 0 rings (SSSR count). The van der Waals surface area contributed by atoms with Crippen molar-refractivity contribution in [3.63, 3.8) is 0 Å². The molecule has 0 aliphatic rings. The van der Waals surface area contributed by atoms with E-state index in [4.69, 9.17) is 0 Å². The summed E-state index contributed by atoms with van der Waals surface area (Å²) in [6, 6.07) is 1.43. The molecule has 11 heavy (non-hydrogen) atoms. The predicted molar refractivity (Wildman–Crippen MR) is 55.1 cm³/mol. The number of nitrogens with zero attached hydrogens (tertiary/aromatic N) is 2. The zero-order chi connectivity index (χ0) is 8.85. The summed E-state index contributed by atoms with van der Waals surface area (Å²) < 4.78 is 0. The van der Waals surface area contributed by atoms with Gasteiger partial charge in [-0.05, 0) is 34.6 Å². The van der Waals surface area contributed by atoms with Gasteiger partial charge in [-0.1, -0.05) is 12.5 Å². The second-order valence-electron chi connectivity index (χ2n) is 3.55. The molecule has 0 aliphatic carbocycles. The van der Waals surface area contributed by atoms with E-state index in [1.54, 1.807) is 0 Å². The molecule has 0 aromatic rings. The maximum Gasteiger partial charge on any atom is 0.0612 e. The molecule has 0 spiro atoms. The summed E-state index contributed by atoms with van der Waals surface area (Å²) in [5, 5.41) is 0. The smallest absolute Gasteiger partial charge is 0.0612 e. The average molecular weight is 174 g/mol. The molecule has 0 saturated carbocycles. The van der Waals surface area contributed by atoms with Crippen LogP contribution in [0.1, 0.15) is 12.8 Å². The Morgan fingerprint density at radius 3 is 1.82 bits per heavy atom. The first-order valence-electron chi connectivity index (χ1n) is 4.42. The molecule has 0 fully saturated rings. The maximum absolute atomic E-state index is 2.29. The summed E-state index contributed by atoms with van der Waals surface area (Å²) in [6.07, 6.45) is 3.32. The second kappa shape index (κ2) is 5.74. The molecule has 68 valence electrons. The monoisotopic (exact) mass is 174 g/mol. The van der Waals surface area contributed by atoms with Gasteiger partial charge in [-0.3, -0.25) is 9.80 Å². The first-order valence-corrected chi connectivity index (χ1v) is 5.83. The standard InChI is InChI=1S/C8H22N2Si/c1-9(2)8(10(3)4)6-5-7-11/h8H,5-7H2,1-4,11H3. The van der Waals surface area contributed by atoms with E-state index in [1.165, 1.54) is 29.1 Å². The lowest BCUT2D eigenvalue weighted by Crippen LogP contribution is -2.40. The van der Waals surface area contributed by atoms with Crippen LogP contribution in [0.5, 0.6) is 0 Å². The summed E-state index contributed by atoms with van der Waals surface area (Å²) >= 11 is 0. The molecule has 0 saturated heterocycles. The summed E-state index contributed by atoms with van der Waals surface area (Å²) in [5.74, 6) is 0. The van der Waals surface area contributed by atoms with Crippen LogP contribution in [0.25, 0.3) is 0 Å². The lowest BCUT2D eigenvalue weighted by Gasteiger charge is -2.30. The van der Waals surface area contributed by atoms with Crippen LogP contribution in [0.2, 0.25) is 6.04 Å². The van der Waals surface area contributed by atoms with Gasteiger partial charge in [0.15, 0.2) is 0 Å². The molecule has 0 atom stereocenters. The maximum atomic E-state index is 2.29. The fraction of sp³-hybridized carbons (Fsp3) is 1.00. The fourth-order valence-corrected chi connectivity index (χ4v) is 1.77. The Morgan fingerprint density at radius 2 is 1.55 bits per heavy atom. The molecular formula is C8H22N2Si. The van der Waals surface area contributed by atoms with Crippen LogP contribution in [0.4, 0.5) is 0 Å². The third kappa shape index (κ3) is 4.56. The normalized spacial score (nSPS) is 12.3. The van der Waals surface area contributed by atoms with Crippen molar-refractivity contribution >= 4 is 10.2 Å². The van der Waals surface area contributed by atoms with Gasteiger partial charge >= 0.3 is 0 Å². The Kier molecular flexibility index (Phi) is 5.82. The van der Waals surface area contributed by atoms with Crippen LogP contribution in [-0.4, -0.2) is 54.4 Å². The molecule has 0 aromatic carbocycles. The van der Waals surface area contributed by atoms with Crippen LogP contribution >= 0.6 is 0 Å². The summed E-state index contributed by atoms with van der Waals surface area (Å²) in [5.41, 5.74) is 0. The number of hydrogen-bond donors (Lipinski definition) is 0. The van der Waals surface area contributed by atoms with Crippen molar-refractivity contribution in [3.05, 3.63) is 0 Å². The zero-order valence-electron chi connectivity index (χ0n) is 8.59. The highest BCUT2D eigenvalue weighted by Gasteiger charge is 2.11. The minimum absolute atomic E-state index is 0.629. The molecule has 0 N–H and O–H groups in total. The van der Waals surface area contributed by atoms with E-state index >= 15 is 0 Å². The summed E-state index contributed by atoms with van der Waals surface area (Å²) in [6.45, 7) is 0. The van der Waals surface area contributed by atoms with Gasteiger partial charge in [-0.15, -0.1) is 0 Å². The van der Waals surface area contributed by atoms with E-state index in [9.17, 15) is 0 Å². The van der Waals surface area contributed by atoms with Gasteiger partial charge in [0.05, 0.1) is 6.17 Å². The van der Waals surface area contributed by atoms with Crippen molar-refractivity contribution in [2.24, 2.45) is 0 Å². The van der Waals surface area contributed by atoms with Crippen LogP contribution in [-0.2, 0) is 0 Å². The fourth-order valence-electron chi connectivity index (χ4n) is 1.36. The first kappa shape index (κ1) is 11.1. The summed E-state index contributed by atoms with van der Waals surface area (Å²) in [7, 11) is 9.95. The van der Waals surface area contributed by atoms with Crippen molar-refractivity contribution in [2.45, 2.75) is 25.1 Å². The third-order valence-electron chi connectivity index (χ3n) is 2.01. The van der Waals surface area contributed by atoms with E-state index < -0.39 is 0 Å². The SMILES string of the molecule is CN(C)C(CCC[SiH3])N(C)C. The van der Waals surface area contributed by atoms with Crippen molar-refractivity contribution in [2.75, 3.05) is 28.2 Å². The van der Waals surface area contributed by atoms with E-state index in [0.717, 1.165) is 0 Å². The van der Waals surface area contributed by atoms with Crippen molar-refractivity contribution in [3.8, 4) is 0 Å². The van der Waals surface area contributed by atoms with Crippen molar-refractivity contribution in [1.29, 1.82) is 0 Å². The van der Waals surface area contributed by atoms with Gasteiger partial charge in [0, 0.05) is 10.2 Å². The van der Waals surface area contributed by atoms with Gasteiger partial charge in [0.25, 0.3) is 0 Å². The minimum atomic E-state index is 0.629. The Hall–Kier alpha value is 0.137. The van der Waals surface area contributed by atoms with E-state index in [-0.39, 0.29) is 0 Å². The molecule has 0 unspecified atom stereocenters. The third-order valence-corrected chi connectivity index (χ3v) is 2.72. The molecule has 3 heteroatoms. The van der Waals surface area contributed by atoms with Crippen molar-refractivity contribution < 1.29 is 0 Å². The molecular weight excluding hydrogens is 152 g/mol. The molecule has 2 nitrogen and oxygen atoms in total. The van der Waals surface area contributed by atoms with Crippen LogP contribution in [0, 0.1) is 0 Å². The highest BCUT2D eigenvalue weighted by atomic mass is 28.1. The number of hydrogen-bond acceptors (Lipinski definition) is 2. The van der Waals surface area contributed by atoms with Crippen molar-refractivity contribution in [1.82, 2.24) is 9.80 Å². The predicted octanol–water partition coefficient (Wildman–Crippen LogP) is -0.000400. The Labute approximate surface area is 74.0 Å². The molecule has 0 amide bonds. The molecule has 0 aliphatic heterocycles. The lowest BCUT2D eigenvalue weighted by molar-refractivity contribution is 0.119. The lowest BCUT2D eigenvalue weighted by atomic mass is 10.2. The first-order chi connectivity index (χ1) is 5.09. The van der Waals surface area contributed by atoms with Gasteiger partial charge < -0.3 is 0 Å². The van der Waals surface area contributed by atoms with Crippen LogP contribution in [0.3, 0.4) is 0 Å². The average Bonchev–Trinajstić information content (AvgIpc) is 1.87. The summed E-state index contributed by atoms with van der Waals surface area (Å²) in [4.78, 5) is 4.58. The second-order valence-corrected chi connectivity index (χ2v) is 4.55. The van der Waals surface area contributed by atoms with Gasteiger partial charge in [-0.2, -0.15) is 0 Å². The highest BCUT2D eigenvalue weighted by molar-refractivity contribution is 6.08. The topological polar surface area (TPSA) is 6.48 Å². The van der Waals surface area contributed by atoms with Gasteiger partial charge in [0.1, 0.15) is 0 Å². The Bertz CT molecular complexity index is 86.1. The van der Waals surface area contributed by atoms with Gasteiger partial charge in [0.2, 0.25) is 0 Å². The number of rotatable bonds is 5. The molecule has 0 heterocycles. The van der Waals surface area contributed by atoms with Gasteiger partial charge in [-0.25, -0.2) is 0 Å². The van der Waals surface area contributed by atoms with E-state index in [1.807, 2.05) is 0 Å². The Balaban J connectivity index is 3.70. The van der Waals surface area contributed by atoms with E-state index in [0.29, 0.717) is 6.17 Å². The minimum Gasteiger partial charge on any atom is -0.294 e.